The minimum Gasteiger partial charge on any atom is -0.356 e. The van der Waals surface area contributed by atoms with Gasteiger partial charge in [-0.25, -0.2) is 0 Å². The molecular weight excluding hydrogens is 292 g/mol. The molecule has 0 radical (unpaired) electrons. The fourth-order valence-electron chi connectivity index (χ4n) is 2.78. The summed E-state index contributed by atoms with van der Waals surface area (Å²) in [5.74, 6) is 1.06. The standard InChI is InChI=1S/C18H26N2OS/c1-2-13-22-17(16-9-6-11-19-16)14-18(21)20-12-10-15-7-4-3-5-8-15/h2-5,7-8,16-17,19H,1,6,9-14H2,(H,20,21). The molecule has 120 valence electrons. The molecule has 1 amide bonds. The summed E-state index contributed by atoms with van der Waals surface area (Å²) in [4.78, 5) is 12.2. The van der Waals surface area contributed by atoms with Gasteiger partial charge in [-0.3, -0.25) is 4.79 Å². The lowest BCUT2D eigenvalue weighted by Crippen LogP contribution is -2.37. The summed E-state index contributed by atoms with van der Waals surface area (Å²) < 4.78 is 0. The first-order chi connectivity index (χ1) is 10.8. The highest BCUT2D eigenvalue weighted by atomic mass is 32.2. The zero-order valence-electron chi connectivity index (χ0n) is 13.1. The first-order valence-electron chi connectivity index (χ1n) is 8.06. The van der Waals surface area contributed by atoms with Crippen LogP contribution < -0.4 is 10.6 Å². The molecule has 1 saturated heterocycles. The van der Waals surface area contributed by atoms with E-state index in [1.54, 1.807) is 0 Å². The van der Waals surface area contributed by atoms with Gasteiger partial charge in [0.15, 0.2) is 0 Å². The molecule has 22 heavy (non-hydrogen) atoms. The molecule has 1 fully saturated rings. The van der Waals surface area contributed by atoms with Crippen LogP contribution in [0.15, 0.2) is 43.0 Å². The number of rotatable bonds is 9. The average molecular weight is 318 g/mol. The Balaban J connectivity index is 1.73. The molecule has 2 unspecified atom stereocenters. The van der Waals surface area contributed by atoms with Gasteiger partial charge in [-0.2, -0.15) is 11.8 Å². The minimum atomic E-state index is 0.159. The van der Waals surface area contributed by atoms with E-state index < -0.39 is 0 Å². The van der Waals surface area contributed by atoms with E-state index >= 15 is 0 Å². The number of carbonyl (C=O) groups excluding carboxylic acids is 1. The third-order valence-electron chi connectivity index (χ3n) is 3.94. The summed E-state index contributed by atoms with van der Waals surface area (Å²) in [7, 11) is 0. The van der Waals surface area contributed by atoms with Gasteiger partial charge in [0.2, 0.25) is 5.91 Å². The molecule has 1 aliphatic heterocycles. The Morgan fingerprint density at radius 2 is 2.27 bits per heavy atom. The summed E-state index contributed by atoms with van der Waals surface area (Å²) >= 11 is 1.84. The van der Waals surface area contributed by atoms with Crippen molar-refractivity contribution in [2.24, 2.45) is 0 Å². The van der Waals surface area contributed by atoms with E-state index in [1.807, 2.05) is 36.0 Å². The maximum absolute atomic E-state index is 12.2. The van der Waals surface area contributed by atoms with Crippen LogP contribution in [0.3, 0.4) is 0 Å². The molecular formula is C18H26N2OS. The summed E-state index contributed by atoms with van der Waals surface area (Å²) in [5.41, 5.74) is 1.26. The van der Waals surface area contributed by atoms with E-state index in [1.165, 1.54) is 18.4 Å². The number of carbonyl (C=O) groups is 1. The van der Waals surface area contributed by atoms with E-state index in [0.29, 0.717) is 24.3 Å². The second-order valence-electron chi connectivity index (χ2n) is 5.65. The van der Waals surface area contributed by atoms with Gasteiger partial charge in [-0.1, -0.05) is 36.4 Å². The fraction of sp³-hybridized carbons (Fsp3) is 0.500. The smallest absolute Gasteiger partial charge is 0.221 e. The van der Waals surface area contributed by atoms with Gasteiger partial charge in [-0.15, -0.1) is 6.58 Å². The zero-order valence-corrected chi connectivity index (χ0v) is 13.9. The Morgan fingerprint density at radius 3 is 2.95 bits per heavy atom. The molecule has 0 bridgehead atoms. The molecule has 4 heteroatoms. The largest absolute Gasteiger partial charge is 0.356 e. The molecule has 2 N–H and O–H groups in total. The van der Waals surface area contributed by atoms with E-state index in [2.05, 4.69) is 29.3 Å². The number of hydrogen-bond acceptors (Lipinski definition) is 3. The van der Waals surface area contributed by atoms with E-state index in [-0.39, 0.29) is 5.91 Å². The molecule has 1 aliphatic rings. The van der Waals surface area contributed by atoms with Crippen LogP contribution in [0.4, 0.5) is 0 Å². The monoisotopic (exact) mass is 318 g/mol. The van der Waals surface area contributed by atoms with Gasteiger partial charge >= 0.3 is 0 Å². The number of benzene rings is 1. The highest BCUT2D eigenvalue weighted by Gasteiger charge is 2.26. The predicted octanol–water partition coefficient (Wildman–Crippen LogP) is 2.78. The zero-order chi connectivity index (χ0) is 15.6. The predicted molar refractivity (Wildman–Crippen MR) is 95.2 cm³/mol. The van der Waals surface area contributed by atoms with Gasteiger partial charge in [-0.05, 0) is 31.4 Å². The molecule has 1 aromatic rings. The first kappa shape index (κ1) is 17.1. The van der Waals surface area contributed by atoms with Crippen molar-refractivity contribution in [3.8, 4) is 0 Å². The molecule has 1 aromatic carbocycles. The van der Waals surface area contributed by atoms with Crippen molar-refractivity contribution >= 4 is 17.7 Å². The molecule has 2 rings (SSSR count). The lowest BCUT2D eigenvalue weighted by atomic mass is 10.1. The van der Waals surface area contributed by atoms with Crippen molar-refractivity contribution in [1.29, 1.82) is 0 Å². The Hall–Kier alpha value is -1.26. The molecule has 0 aromatic heterocycles. The van der Waals surface area contributed by atoms with Gasteiger partial charge in [0.25, 0.3) is 0 Å². The molecule has 1 heterocycles. The Kier molecular flexibility index (Phi) is 7.54. The van der Waals surface area contributed by atoms with Crippen molar-refractivity contribution < 1.29 is 4.79 Å². The SMILES string of the molecule is C=CCSC(CC(=O)NCCc1ccccc1)C1CCCN1. The lowest BCUT2D eigenvalue weighted by Gasteiger charge is -2.22. The molecule has 0 spiro atoms. The van der Waals surface area contributed by atoms with E-state index in [0.717, 1.165) is 18.7 Å². The molecule has 0 aliphatic carbocycles. The van der Waals surface area contributed by atoms with Crippen molar-refractivity contribution in [3.63, 3.8) is 0 Å². The van der Waals surface area contributed by atoms with Crippen LogP contribution in [0.5, 0.6) is 0 Å². The minimum absolute atomic E-state index is 0.159. The first-order valence-corrected chi connectivity index (χ1v) is 9.11. The summed E-state index contributed by atoms with van der Waals surface area (Å²) in [6.45, 7) is 5.56. The summed E-state index contributed by atoms with van der Waals surface area (Å²) in [6, 6.07) is 10.7. The Bertz CT molecular complexity index is 457. The average Bonchev–Trinajstić information content (AvgIpc) is 3.07. The van der Waals surface area contributed by atoms with Crippen molar-refractivity contribution in [3.05, 3.63) is 48.6 Å². The van der Waals surface area contributed by atoms with Crippen LogP contribution in [0, 0.1) is 0 Å². The highest BCUT2D eigenvalue weighted by molar-refractivity contribution is 8.00. The quantitative estimate of drug-likeness (QED) is 0.688. The van der Waals surface area contributed by atoms with Gasteiger partial charge in [0, 0.05) is 30.0 Å². The molecule has 2 atom stereocenters. The Labute approximate surface area is 137 Å². The lowest BCUT2D eigenvalue weighted by molar-refractivity contribution is -0.121. The Morgan fingerprint density at radius 1 is 1.45 bits per heavy atom. The van der Waals surface area contributed by atoms with Crippen molar-refractivity contribution in [2.45, 2.75) is 37.0 Å². The van der Waals surface area contributed by atoms with Crippen LogP contribution in [0.25, 0.3) is 0 Å². The maximum atomic E-state index is 12.2. The van der Waals surface area contributed by atoms with Crippen LogP contribution in [0.2, 0.25) is 0 Å². The number of nitrogens with one attached hydrogen (secondary N) is 2. The molecule has 0 saturated carbocycles. The summed E-state index contributed by atoms with van der Waals surface area (Å²) in [6.07, 6.45) is 5.78. The normalized spacial score (nSPS) is 18.8. The third-order valence-corrected chi connectivity index (χ3v) is 5.29. The van der Waals surface area contributed by atoms with Gasteiger partial charge in [0.05, 0.1) is 0 Å². The van der Waals surface area contributed by atoms with Gasteiger partial charge < -0.3 is 10.6 Å². The topological polar surface area (TPSA) is 41.1 Å². The maximum Gasteiger partial charge on any atom is 0.221 e. The van der Waals surface area contributed by atoms with Crippen LogP contribution in [0.1, 0.15) is 24.8 Å². The number of thioether (sulfide) groups is 1. The van der Waals surface area contributed by atoms with Crippen molar-refractivity contribution in [1.82, 2.24) is 10.6 Å². The van der Waals surface area contributed by atoms with Crippen LogP contribution >= 0.6 is 11.8 Å². The van der Waals surface area contributed by atoms with E-state index in [9.17, 15) is 4.79 Å². The number of amides is 1. The summed E-state index contributed by atoms with van der Waals surface area (Å²) in [5, 5.41) is 6.92. The second kappa shape index (κ2) is 9.70. The second-order valence-corrected chi connectivity index (χ2v) is 6.93. The molecule has 3 nitrogen and oxygen atoms in total. The van der Waals surface area contributed by atoms with Gasteiger partial charge in [0.1, 0.15) is 0 Å². The van der Waals surface area contributed by atoms with Crippen LogP contribution in [-0.4, -0.2) is 36.0 Å². The van der Waals surface area contributed by atoms with Crippen LogP contribution in [-0.2, 0) is 11.2 Å². The van der Waals surface area contributed by atoms with Crippen molar-refractivity contribution in [2.75, 3.05) is 18.8 Å². The number of hydrogen-bond donors (Lipinski definition) is 2. The third kappa shape index (κ3) is 5.85. The highest BCUT2D eigenvalue weighted by Crippen LogP contribution is 2.24. The fourth-order valence-corrected chi connectivity index (χ4v) is 3.90. The van der Waals surface area contributed by atoms with E-state index in [4.69, 9.17) is 0 Å².